The maximum absolute atomic E-state index is 11.9. The van der Waals surface area contributed by atoms with E-state index in [1.807, 2.05) is 26.1 Å². The minimum atomic E-state index is -0.267. The van der Waals surface area contributed by atoms with Gasteiger partial charge in [0.1, 0.15) is 5.82 Å². The van der Waals surface area contributed by atoms with Crippen LogP contribution in [-0.2, 0) is 11.8 Å². The van der Waals surface area contributed by atoms with Crippen LogP contribution in [0.5, 0.6) is 0 Å². The topological polar surface area (TPSA) is 88.4 Å². The number of fused-ring (bicyclic) bond motifs is 1. The predicted molar refractivity (Wildman–Crippen MR) is 112 cm³/mol. The van der Waals surface area contributed by atoms with Crippen LogP contribution < -0.4 is 10.2 Å². The van der Waals surface area contributed by atoms with Gasteiger partial charge in [-0.05, 0) is 26.0 Å². The first kappa shape index (κ1) is 19.0. The van der Waals surface area contributed by atoms with Crippen LogP contribution in [0.4, 0.5) is 22.2 Å². The second kappa shape index (κ2) is 7.94. The fraction of sp³-hybridized carbons (Fsp3) is 0.400. The maximum atomic E-state index is 11.9. The van der Waals surface area contributed by atoms with E-state index in [4.69, 9.17) is 14.7 Å². The SMILES string of the molecule is CCOC(=O)N1CCN(c2nc(Nc3ccc(C)cc3)c3cnn(C)c3n2)CC1. The second-order valence-electron chi connectivity index (χ2n) is 7.04. The van der Waals surface area contributed by atoms with Crippen LogP contribution in [0.25, 0.3) is 11.0 Å². The molecule has 1 aliphatic heterocycles. The summed E-state index contributed by atoms with van der Waals surface area (Å²) in [5, 5.41) is 8.60. The van der Waals surface area contributed by atoms with Crippen molar-refractivity contribution >= 4 is 34.6 Å². The number of aromatic nitrogens is 4. The maximum Gasteiger partial charge on any atom is 0.409 e. The van der Waals surface area contributed by atoms with Crippen LogP contribution in [0, 0.1) is 6.92 Å². The summed E-state index contributed by atoms with van der Waals surface area (Å²) in [5.74, 6) is 1.34. The Bertz CT molecular complexity index is 1010. The summed E-state index contributed by atoms with van der Waals surface area (Å²) < 4.78 is 6.84. The molecule has 1 aromatic carbocycles. The highest BCUT2D eigenvalue weighted by molar-refractivity contribution is 5.89. The van der Waals surface area contributed by atoms with Gasteiger partial charge in [0.25, 0.3) is 0 Å². The number of hydrogen-bond donors (Lipinski definition) is 1. The van der Waals surface area contributed by atoms with Crippen molar-refractivity contribution < 1.29 is 9.53 Å². The normalized spacial score (nSPS) is 14.3. The highest BCUT2D eigenvalue weighted by Crippen LogP contribution is 2.26. The van der Waals surface area contributed by atoms with Gasteiger partial charge in [-0.3, -0.25) is 4.68 Å². The van der Waals surface area contributed by atoms with E-state index in [1.54, 1.807) is 15.8 Å². The molecule has 3 aromatic rings. The van der Waals surface area contributed by atoms with Gasteiger partial charge in [-0.2, -0.15) is 15.1 Å². The second-order valence-corrected chi connectivity index (χ2v) is 7.04. The Kier molecular flexibility index (Phi) is 5.20. The van der Waals surface area contributed by atoms with Crippen LogP contribution in [0.3, 0.4) is 0 Å². The molecule has 1 N–H and O–H groups in total. The van der Waals surface area contributed by atoms with Gasteiger partial charge in [0.15, 0.2) is 5.65 Å². The monoisotopic (exact) mass is 395 g/mol. The lowest BCUT2D eigenvalue weighted by atomic mass is 10.2. The van der Waals surface area contributed by atoms with E-state index in [-0.39, 0.29) is 6.09 Å². The molecule has 152 valence electrons. The fourth-order valence-electron chi connectivity index (χ4n) is 3.32. The number of aryl methyl sites for hydroxylation is 2. The lowest BCUT2D eigenvalue weighted by Gasteiger charge is -2.34. The van der Waals surface area contributed by atoms with Gasteiger partial charge in [0.2, 0.25) is 5.95 Å². The Morgan fingerprint density at radius 3 is 2.55 bits per heavy atom. The molecule has 0 atom stereocenters. The molecule has 0 bridgehead atoms. The molecule has 4 rings (SSSR count). The Labute approximate surface area is 169 Å². The minimum absolute atomic E-state index is 0.267. The van der Waals surface area contributed by atoms with E-state index in [0.29, 0.717) is 38.7 Å². The summed E-state index contributed by atoms with van der Waals surface area (Å²) >= 11 is 0. The molecule has 29 heavy (non-hydrogen) atoms. The largest absolute Gasteiger partial charge is 0.450 e. The van der Waals surface area contributed by atoms with Crippen LogP contribution in [0.1, 0.15) is 12.5 Å². The molecule has 9 nitrogen and oxygen atoms in total. The molecule has 1 amide bonds. The zero-order chi connectivity index (χ0) is 20.4. The molecule has 0 spiro atoms. The molecular formula is C20H25N7O2. The van der Waals surface area contributed by atoms with Crippen LogP contribution in [0.15, 0.2) is 30.5 Å². The molecule has 1 saturated heterocycles. The zero-order valence-corrected chi connectivity index (χ0v) is 16.9. The summed E-state index contributed by atoms with van der Waals surface area (Å²) in [6.45, 7) is 6.69. The van der Waals surface area contributed by atoms with E-state index in [9.17, 15) is 4.79 Å². The molecule has 0 unspecified atom stereocenters. The van der Waals surface area contributed by atoms with E-state index < -0.39 is 0 Å². The summed E-state index contributed by atoms with van der Waals surface area (Å²) in [4.78, 5) is 25.2. The number of nitrogens with one attached hydrogen (secondary N) is 1. The average Bonchev–Trinajstić information content (AvgIpc) is 3.11. The van der Waals surface area contributed by atoms with Crippen LogP contribution in [-0.4, -0.2) is 63.5 Å². The molecule has 2 aromatic heterocycles. The molecule has 9 heteroatoms. The molecule has 0 aliphatic carbocycles. The van der Waals surface area contributed by atoms with E-state index >= 15 is 0 Å². The van der Waals surface area contributed by atoms with Gasteiger partial charge < -0.3 is 19.9 Å². The van der Waals surface area contributed by atoms with Crippen LogP contribution in [0.2, 0.25) is 0 Å². The van der Waals surface area contributed by atoms with Crippen molar-refractivity contribution in [3.05, 3.63) is 36.0 Å². The van der Waals surface area contributed by atoms with Gasteiger partial charge in [0.05, 0.1) is 18.2 Å². The molecule has 0 saturated carbocycles. The van der Waals surface area contributed by atoms with Crippen molar-refractivity contribution in [1.29, 1.82) is 0 Å². The molecule has 1 aliphatic rings. The lowest BCUT2D eigenvalue weighted by molar-refractivity contribution is 0.105. The molecule has 0 radical (unpaired) electrons. The van der Waals surface area contributed by atoms with E-state index in [2.05, 4.69) is 34.4 Å². The third-order valence-corrected chi connectivity index (χ3v) is 4.98. The van der Waals surface area contributed by atoms with Crippen molar-refractivity contribution in [2.75, 3.05) is 43.0 Å². The Morgan fingerprint density at radius 2 is 1.86 bits per heavy atom. The standard InChI is InChI=1S/C20H25N7O2/c1-4-29-20(28)27-11-9-26(10-12-27)19-23-17(16-13-21-25(3)18(16)24-19)22-15-7-5-14(2)6-8-15/h5-8,13H,4,9-12H2,1-3H3,(H,22,23,24). The number of carbonyl (C=O) groups excluding carboxylic acids is 1. The molecule has 1 fully saturated rings. The molecular weight excluding hydrogens is 370 g/mol. The number of benzene rings is 1. The smallest absolute Gasteiger partial charge is 0.409 e. The third-order valence-electron chi connectivity index (χ3n) is 4.98. The highest BCUT2D eigenvalue weighted by atomic mass is 16.6. The molecule has 3 heterocycles. The summed E-state index contributed by atoms with van der Waals surface area (Å²) in [6, 6.07) is 8.16. The number of carbonyl (C=O) groups is 1. The Morgan fingerprint density at radius 1 is 1.14 bits per heavy atom. The van der Waals surface area contributed by atoms with Crippen molar-refractivity contribution in [2.45, 2.75) is 13.8 Å². The van der Waals surface area contributed by atoms with Crippen LogP contribution >= 0.6 is 0 Å². The van der Waals surface area contributed by atoms with Crippen molar-refractivity contribution in [3.8, 4) is 0 Å². The van der Waals surface area contributed by atoms with Gasteiger partial charge in [-0.1, -0.05) is 17.7 Å². The number of anilines is 3. The predicted octanol–water partition coefficient (Wildman–Crippen LogP) is 2.69. The quantitative estimate of drug-likeness (QED) is 0.726. The van der Waals surface area contributed by atoms with Gasteiger partial charge in [0, 0.05) is 38.9 Å². The minimum Gasteiger partial charge on any atom is -0.450 e. The van der Waals surface area contributed by atoms with Crippen molar-refractivity contribution in [2.24, 2.45) is 7.05 Å². The number of nitrogens with zero attached hydrogens (tertiary/aromatic N) is 6. The Hall–Kier alpha value is -3.36. The number of rotatable bonds is 4. The number of piperazine rings is 1. The van der Waals surface area contributed by atoms with Crippen molar-refractivity contribution in [1.82, 2.24) is 24.6 Å². The average molecular weight is 395 g/mol. The fourth-order valence-corrected chi connectivity index (χ4v) is 3.32. The van der Waals surface area contributed by atoms with E-state index in [1.165, 1.54) is 5.56 Å². The van der Waals surface area contributed by atoms with Gasteiger partial charge in [-0.25, -0.2) is 4.79 Å². The zero-order valence-electron chi connectivity index (χ0n) is 16.9. The number of ether oxygens (including phenoxy) is 1. The number of hydrogen-bond acceptors (Lipinski definition) is 7. The van der Waals surface area contributed by atoms with Gasteiger partial charge in [-0.15, -0.1) is 0 Å². The third kappa shape index (κ3) is 3.94. The lowest BCUT2D eigenvalue weighted by Crippen LogP contribution is -2.49. The first-order chi connectivity index (χ1) is 14.0. The van der Waals surface area contributed by atoms with Gasteiger partial charge >= 0.3 is 6.09 Å². The van der Waals surface area contributed by atoms with E-state index in [0.717, 1.165) is 22.5 Å². The highest BCUT2D eigenvalue weighted by Gasteiger charge is 2.24. The summed E-state index contributed by atoms with van der Waals surface area (Å²) in [5.41, 5.74) is 2.92. The number of amides is 1. The first-order valence-electron chi connectivity index (χ1n) is 9.75. The summed E-state index contributed by atoms with van der Waals surface area (Å²) in [7, 11) is 1.87. The van der Waals surface area contributed by atoms with Crippen molar-refractivity contribution in [3.63, 3.8) is 0 Å². The summed E-state index contributed by atoms with van der Waals surface area (Å²) in [6.07, 6.45) is 1.51. The Balaban J connectivity index is 1.59. The first-order valence-corrected chi connectivity index (χ1v) is 9.75.